The zero-order valence-electron chi connectivity index (χ0n) is 12.2. The van der Waals surface area contributed by atoms with Crippen LogP contribution in [0.25, 0.3) is 0 Å². The molecule has 1 atom stereocenters. The Labute approximate surface area is 124 Å². The van der Waals surface area contributed by atoms with Gasteiger partial charge in [-0.2, -0.15) is 0 Å². The fraction of sp³-hybridized carbons (Fsp3) is 0.714. The lowest BCUT2D eigenvalue weighted by Gasteiger charge is -2.38. The van der Waals surface area contributed by atoms with Crippen molar-refractivity contribution in [1.29, 1.82) is 0 Å². The number of hydrogen-bond donors (Lipinski definition) is 1. The number of carbonyl (C=O) groups is 1. The Kier molecular flexibility index (Phi) is 5.37. The van der Waals surface area contributed by atoms with Crippen LogP contribution in [0, 0.1) is 0 Å². The number of aromatic nitrogens is 1. The predicted molar refractivity (Wildman–Crippen MR) is 79.8 cm³/mol. The van der Waals surface area contributed by atoms with Gasteiger partial charge in [0.1, 0.15) is 0 Å². The molecule has 1 N–H and O–H groups in total. The highest BCUT2D eigenvalue weighted by molar-refractivity contribution is 7.07. The van der Waals surface area contributed by atoms with Gasteiger partial charge in [0.05, 0.1) is 29.9 Å². The fourth-order valence-corrected chi connectivity index (χ4v) is 3.62. The molecule has 1 aromatic rings. The molecule has 0 radical (unpaired) electrons. The number of nitrogens with one attached hydrogen (secondary N) is 1. The Balaban J connectivity index is 1.99. The van der Waals surface area contributed by atoms with Gasteiger partial charge in [-0.05, 0) is 19.3 Å². The number of hydrogen-bond acceptors (Lipinski definition) is 4. The van der Waals surface area contributed by atoms with Gasteiger partial charge in [-0.25, -0.2) is 9.78 Å². The number of urea groups is 1. The summed E-state index contributed by atoms with van der Waals surface area (Å²) in [5.74, 6) is 0. The molecule has 0 aliphatic carbocycles. The second-order valence-corrected chi connectivity index (χ2v) is 6.02. The van der Waals surface area contributed by atoms with E-state index in [1.807, 2.05) is 10.3 Å². The fourth-order valence-electron chi connectivity index (χ4n) is 3.06. The van der Waals surface area contributed by atoms with E-state index in [9.17, 15) is 4.79 Å². The Bertz CT molecular complexity index is 416. The predicted octanol–water partition coefficient (Wildman–Crippen LogP) is 2.63. The van der Waals surface area contributed by atoms with E-state index in [4.69, 9.17) is 4.74 Å². The molecule has 0 unspecified atom stereocenters. The topological polar surface area (TPSA) is 54.5 Å². The van der Waals surface area contributed by atoms with Crippen molar-refractivity contribution in [3.8, 4) is 0 Å². The maximum absolute atomic E-state index is 12.4. The van der Waals surface area contributed by atoms with Crippen molar-refractivity contribution in [2.24, 2.45) is 0 Å². The van der Waals surface area contributed by atoms with Crippen molar-refractivity contribution in [3.63, 3.8) is 0 Å². The van der Waals surface area contributed by atoms with Gasteiger partial charge in [-0.1, -0.05) is 13.3 Å². The SMILES string of the molecule is CCC[C@]1(COC)CCCN1C(=O)NCc1cscn1. The molecule has 0 saturated carbocycles. The molecule has 20 heavy (non-hydrogen) atoms. The first-order valence-electron chi connectivity index (χ1n) is 7.13. The largest absolute Gasteiger partial charge is 0.382 e. The van der Waals surface area contributed by atoms with Crippen molar-refractivity contribution in [3.05, 3.63) is 16.6 Å². The third-order valence-corrected chi connectivity index (χ3v) is 4.51. The molecular weight excluding hydrogens is 274 g/mol. The van der Waals surface area contributed by atoms with E-state index < -0.39 is 0 Å². The van der Waals surface area contributed by atoms with Crippen LogP contribution >= 0.6 is 11.3 Å². The standard InChI is InChI=1S/C14H23N3O2S/c1-3-5-14(10-19-2)6-4-7-17(14)13(18)15-8-12-9-20-11-16-12/h9,11H,3-8,10H2,1-2H3,(H,15,18)/t14-/m1/s1. The lowest BCUT2D eigenvalue weighted by Crippen LogP contribution is -2.53. The normalized spacial score (nSPS) is 22.2. The lowest BCUT2D eigenvalue weighted by molar-refractivity contribution is 0.0500. The molecule has 1 fully saturated rings. The molecular formula is C14H23N3O2S. The monoisotopic (exact) mass is 297 g/mol. The van der Waals surface area contributed by atoms with Crippen LogP contribution in [0.5, 0.6) is 0 Å². The number of thiazole rings is 1. The molecule has 6 heteroatoms. The van der Waals surface area contributed by atoms with Gasteiger partial charge in [0.2, 0.25) is 0 Å². The van der Waals surface area contributed by atoms with E-state index in [1.54, 1.807) is 24.0 Å². The first kappa shape index (κ1) is 15.3. The molecule has 1 aliphatic rings. The number of carbonyl (C=O) groups excluding carboxylic acids is 1. The molecule has 1 aliphatic heterocycles. The van der Waals surface area contributed by atoms with Crippen LogP contribution in [0.3, 0.4) is 0 Å². The van der Waals surface area contributed by atoms with Crippen molar-refractivity contribution in [2.75, 3.05) is 20.3 Å². The van der Waals surface area contributed by atoms with E-state index in [0.29, 0.717) is 13.2 Å². The summed E-state index contributed by atoms with van der Waals surface area (Å²) >= 11 is 1.54. The molecule has 0 bridgehead atoms. The third kappa shape index (κ3) is 3.30. The van der Waals surface area contributed by atoms with Crippen LogP contribution in [0.4, 0.5) is 4.79 Å². The van der Waals surface area contributed by atoms with Crippen LogP contribution in [0.1, 0.15) is 38.3 Å². The molecule has 5 nitrogen and oxygen atoms in total. The Morgan fingerprint density at radius 3 is 3.15 bits per heavy atom. The van der Waals surface area contributed by atoms with E-state index in [0.717, 1.165) is 37.9 Å². The molecule has 2 rings (SSSR count). The van der Waals surface area contributed by atoms with E-state index in [1.165, 1.54) is 0 Å². The summed E-state index contributed by atoms with van der Waals surface area (Å²) in [5.41, 5.74) is 2.56. The van der Waals surface area contributed by atoms with E-state index in [-0.39, 0.29) is 11.6 Å². The number of rotatable bonds is 6. The van der Waals surface area contributed by atoms with Crippen molar-refractivity contribution >= 4 is 17.4 Å². The summed E-state index contributed by atoms with van der Waals surface area (Å²) in [4.78, 5) is 18.6. The summed E-state index contributed by atoms with van der Waals surface area (Å²) in [7, 11) is 1.71. The van der Waals surface area contributed by atoms with Gasteiger partial charge >= 0.3 is 6.03 Å². The van der Waals surface area contributed by atoms with Crippen molar-refractivity contribution in [1.82, 2.24) is 15.2 Å². The summed E-state index contributed by atoms with van der Waals surface area (Å²) in [6, 6.07) is 0.000926. The Morgan fingerprint density at radius 2 is 2.50 bits per heavy atom. The first-order chi connectivity index (χ1) is 9.72. The van der Waals surface area contributed by atoms with Crippen LogP contribution in [-0.4, -0.2) is 41.7 Å². The third-order valence-electron chi connectivity index (χ3n) is 3.87. The van der Waals surface area contributed by atoms with Crippen molar-refractivity contribution < 1.29 is 9.53 Å². The lowest BCUT2D eigenvalue weighted by atomic mass is 9.91. The second-order valence-electron chi connectivity index (χ2n) is 5.30. The number of methoxy groups -OCH3 is 1. The number of amides is 2. The minimum Gasteiger partial charge on any atom is -0.382 e. The number of nitrogens with zero attached hydrogens (tertiary/aromatic N) is 2. The van der Waals surface area contributed by atoms with Gasteiger partial charge in [-0.15, -0.1) is 11.3 Å². The van der Waals surface area contributed by atoms with Crippen molar-refractivity contribution in [2.45, 2.75) is 44.7 Å². The Morgan fingerprint density at radius 1 is 1.65 bits per heavy atom. The summed E-state index contributed by atoms with van der Waals surface area (Å²) < 4.78 is 5.38. The molecule has 2 amide bonds. The number of ether oxygens (including phenoxy) is 1. The zero-order valence-corrected chi connectivity index (χ0v) is 13.0. The maximum atomic E-state index is 12.4. The van der Waals surface area contributed by atoms with Crippen LogP contribution in [0.2, 0.25) is 0 Å². The highest BCUT2D eigenvalue weighted by Gasteiger charge is 2.42. The zero-order chi connectivity index (χ0) is 14.4. The first-order valence-corrected chi connectivity index (χ1v) is 8.07. The van der Waals surface area contributed by atoms with Gasteiger partial charge in [0.25, 0.3) is 0 Å². The number of likely N-dealkylation sites (tertiary alicyclic amines) is 1. The van der Waals surface area contributed by atoms with Gasteiger partial charge in [0.15, 0.2) is 0 Å². The highest BCUT2D eigenvalue weighted by atomic mass is 32.1. The van der Waals surface area contributed by atoms with Gasteiger partial charge in [0, 0.05) is 19.0 Å². The van der Waals surface area contributed by atoms with Gasteiger partial charge < -0.3 is 15.0 Å². The molecule has 1 saturated heterocycles. The average Bonchev–Trinajstić information content (AvgIpc) is 3.07. The van der Waals surface area contributed by atoms with Crippen LogP contribution < -0.4 is 5.32 Å². The summed E-state index contributed by atoms with van der Waals surface area (Å²) in [5, 5.41) is 4.93. The quantitative estimate of drug-likeness (QED) is 0.878. The van der Waals surface area contributed by atoms with E-state index in [2.05, 4.69) is 17.2 Å². The summed E-state index contributed by atoms with van der Waals surface area (Å²) in [6.07, 6.45) is 4.12. The molecule has 112 valence electrons. The molecule has 1 aromatic heterocycles. The molecule has 0 aromatic carbocycles. The second kappa shape index (κ2) is 7.04. The highest BCUT2D eigenvalue weighted by Crippen LogP contribution is 2.34. The van der Waals surface area contributed by atoms with Crippen LogP contribution in [0.15, 0.2) is 10.9 Å². The smallest absolute Gasteiger partial charge is 0.318 e. The minimum atomic E-state index is -0.129. The van der Waals surface area contributed by atoms with E-state index >= 15 is 0 Å². The Hall–Kier alpha value is -1.14. The summed E-state index contributed by atoms with van der Waals surface area (Å²) in [6.45, 7) is 4.08. The molecule has 2 heterocycles. The maximum Gasteiger partial charge on any atom is 0.318 e. The van der Waals surface area contributed by atoms with Crippen LogP contribution in [-0.2, 0) is 11.3 Å². The van der Waals surface area contributed by atoms with Gasteiger partial charge in [-0.3, -0.25) is 0 Å². The molecule has 0 spiro atoms. The minimum absolute atomic E-state index is 0.000926. The average molecular weight is 297 g/mol.